The van der Waals surface area contributed by atoms with Crippen LogP contribution in [0.1, 0.15) is 33.4 Å². The van der Waals surface area contributed by atoms with Gasteiger partial charge in [-0.15, -0.1) is 0 Å². The van der Waals surface area contributed by atoms with Gasteiger partial charge in [-0.3, -0.25) is 0 Å². The van der Waals surface area contributed by atoms with Gasteiger partial charge in [0.1, 0.15) is 11.5 Å². The maximum Gasteiger partial charge on any atom is 0.119 e. The molecule has 0 aliphatic carbocycles. The number of ether oxygens (including phenoxy) is 2. The number of methoxy groups -OCH3 is 2. The van der Waals surface area contributed by atoms with Gasteiger partial charge < -0.3 is 19.7 Å². The van der Waals surface area contributed by atoms with Gasteiger partial charge in [-0.05, 0) is 107 Å². The third-order valence-electron chi connectivity index (χ3n) is 7.13. The van der Waals surface area contributed by atoms with Crippen molar-refractivity contribution in [2.75, 3.05) is 50.4 Å². The molecular weight excluding hydrogens is 593 g/mol. The molecule has 228 valence electrons. The Labute approximate surface area is 269 Å². The minimum absolute atomic E-state index is 0.238. The highest BCUT2D eigenvalue weighted by molar-refractivity contribution is 7.99. The third kappa shape index (κ3) is 10.8. The lowest BCUT2D eigenvalue weighted by Gasteiger charge is -2.15. The Hall–Kier alpha value is -2.55. The van der Waals surface area contributed by atoms with Crippen molar-refractivity contribution in [3.05, 3.63) is 118 Å². The first-order chi connectivity index (χ1) is 21.1. The number of hydrogen-bond donors (Lipinski definition) is 2. The number of thioether (sulfide) groups is 2. The summed E-state index contributed by atoms with van der Waals surface area (Å²) in [6, 6.07) is 30.6. The van der Waals surface area contributed by atoms with Crippen LogP contribution in [0.25, 0.3) is 0 Å². The zero-order valence-electron chi connectivity index (χ0n) is 25.1. The van der Waals surface area contributed by atoms with Crippen LogP contribution in [0, 0.1) is 0 Å². The van der Waals surface area contributed by atoms with Crippen LogP contribution < -0.4 is 9.47 Å². The molecule has 0 bridgehead atoms. The molecule has 0 spiro atoms. The Kier molecular flexibility index (Phi) is 14.2. The van der Waals surface area contributed by atoms with Crippen molar-refractivity contribution in [1.29, 1.82) is 0 Å². The van der Waals surface area contributed by atoms with E-state index >= 15 is 0 Å². The zero-order valence-corrected chi connectivity index (χ0v) is 27.5. The van der Waals surface area contributed by atoms with Gasteiger partial charge in [-0.2, -0.15) is 23.5 Å². The molecule has 0 saturated carbocycles. The predicted molar refractivity (Wildman–Crippen MR) is 185 cm³/mol. The summed E-state index contributed by atoms with van der Waals surface area (Å²) in [5.74, 6) is 5.36. The van der Waals surface area contributed by atoms with E-state index in [1.54, 1.807) is 49.5 Å². The lowest BCUT2D eigenvalue weighted by Crippen LogP contribution is -1.97. The molecule has 0 unspecified atom stereocenters. The van der Waals surface area contributed by atoms with E-state index in [4.69, 9.17) is 19.7 Å². The molecule has 4 aromatic rings. The van der Waals surface area contributed by atoms with Crippen LogP contribution in [0.15, 0.2) is 94.7 Å². The molecule has 0 saturated heterocycles. The highest BCUT2D eigenvalue weighted by Gasteiger charge is 2.13. The van der Waals surface area contributed by atoms with Gasteiger partial charge in [0.25, 0.3) is 0 Å². The average molecular weight is 635 g/mol. The topological polar surface area (TPSA) is 58.9 Å². The molecule has 2 N–H and O–H groups in total. The third-order valence-corrected chi connectivity index (χ3v) is 10.3. The largest absolute Gasteiger partial charge is 0.497 e. The van der Waals surface area contributed by atoms with Gasteiger partial charge in [-0.25, -0.2) is 0 Å². The van der Waals surface area contributed by atoms with Crippen molar-refractivity contribution < 1.29 is 19.7 Å². The van der Waals surface area contributed by atoms with Crippen molar-refractivity contribution >= 4 is 35.3 Å². The minimum atomic E-state index is 0.238. The van der Waals surface area contributed by atoms with E-state index < -0.39 is 0 Å². The molecule has 4 rings (SSSR count). The van der Waals surface area contributed by atoms with Crippen molar-refractivity contribution in [3.8, 4) is 11.5 Å². The average Bonchev–Trinajstić information content (AvgIpc) is 3.04. The monoisotopic (exact) mass is 634 g/mol. The lowest BCUT2D eigenvalue weighted by molar-refractivity contribution is 0.322. The molecule has 0 atom stereocenters. The molecule has 0 heterocycles. The normalized spacial score (nSPS) is 11.1. The van der Waals surface area contributed by atoms with E-state index in [0.29, 0.717) is 0 Å². The Morgan fingerprint density at radius 2 is 0.907 bits per heavy atom. The van der Waals surface area contributed by atoms with Crippen LogP contribution in [-0.2, 0) is 25.7 Å². The summed E-state index contributed by atoms with van der Waals surface area (Å²) in [5, 5.41) is 18.0. The van der Waals surface area contributed by atoms with Crippen LogP contribution in [0.3, 0.4) is 0 Å². The number of aliphatic hydroxyl groups excluding tert-OH is 2. The second-order valence-electron chi connectivity index (χ2n) is 10.2. The summed E-state index contributed by atoms with van der Waals surface area (Å²) in [4.78, 5) is 2.43. The summed E-state index contributed by atoms with van der Waals surface area (Å²) >= 11 is 5.37. The van der Waals surface area contributed by atoms with Gasteiger partial charge in [0.15, 0.2) is 0 Å². The van der Waals surface area contributed by atoms with Crippen molar-refractivity contribution in [2.45, 2.75) is 35.5 Å². The van der Waals surface area contributed by atoms with Crippen LogP contribution >= 0.6 is 35.3 Å². The Morgan fingerprint density at radius 1 is 0.512 bits per heavy atom. The molecule has 4 aromatic carbocycles. The minimum Gasteiger partial charge on any atom is -0.497 e. The molecule has 0 aromatic heterocycles. The van der Waals surface area contributed by atoms with E-state index in [1.165, 1.54) is 43.2 Å². The molecular formula is C36H42O4S3. The maximum absolute atomic E-state index is 9.00. The van der Waals surface area contributed by atoms with Crippen molar-refractivity contribution in [2.24, 2.45) is 0 Å². The highest BCUT2D eigenvalue weighted by atomic mass is 32.2. The summed E-state index contributed by atoms with van der Waals surface area (Å²) in [6.07, 6.45) is 3.67. The Balaban J connectivity index is 1.50. The predicted octanol–water partition coefficient (Wildman–Crippen LogP) is 7.57. The quantitative estimate of drug-likeness (QED) is 0.110. The fraction of sp³-hybridized carbons (Fsp3) is 0.333. The molecule has 0 fully saturated rings. The molecule has 7 heteroatoms. The fourth-order valence-electron chi connectivity index (χ4n) is 4.76. The van der Waals surface area contributed by atoms with E-state index in [-0.39, 0.29) is 13.2 Å². The summed E-state index contributed by atoms with van der Waals surface area (Å²) < 4.78 is 11.2. The standard InChI is InChI=1S/C36H42O4S3/c1-39-33-11-13-35(31(25-33)23-29-7-3-27(4-8-29)15-19-41-21-17-37)43-36-14-12-34(40-2)26-32(36)24-30-9-5-28(6-10-30)16-20-42-22-18-38/h3-14,25-26,37-38H,15-24H2,1-2H3. The number of aryl methyl sites for hydroxylation is 2. The van der Waals surface area contributed by atoms with Crippen LogP contribution in [0.2, 0.25) is 0 Å². The van der Waals surface area contributed by atoms with Gasteiger partial charge in [0.2, 0.25) is 0 Å². The molecule has 43 heavy (non-hydrogen) atoms. The SMILES string of the molecule is COc1ccc(Sc2ccc(OC)cc2Cc2ccc(CCSCCO)cc2)c(Cc2ccc(CCSCCO)cc2)c1. The van der Waals surface area contributed by atoms with E-state index in [9.17, 15) is 0 Å². The van der Waals surface area contributed by atoms with Crippen LogP contribution in [-0.4, -0.2) is 60.7 Å². The van der Waals surface area contributed by atoms with Crippen LogP contribution in [0.5, 0.6) is 11.5 Å². The zero-order chi connectivity index (χ0) is 30.3. The Bertz CT molecular complexity index is 1280. The molecule has 4 nitrogen and oxygen atoms in total. The number of hydrogen-bond acceptors (Lipinski definition) is 7. The van der Waals surface area contributed by atoms with Gasteiger partial charge >= 0.3 is 0 Å². The number of benzene rings is 4. The van der Waals surface area contributed by atoms with Gasteiger partial charge in [-0.1, -0.05) is 60.3 Å². The van der Waals surface area contributed by atoms with Gasteiger partial charge in [0.05, 0.1) is 27.4 Å². The summed E-state index contributed by atoms with van der Waals surface area (Å²) in [5.41, 5.74) is 7.66. The first kappa shape index (κ1) is 33.3. The smallest absolute Gasteiger partial charge is 0.119 e. The molecule has 0 aliphatic heterocycles. The van der Waals surface area contributed by atoms with Crippen LogP contribution in [0.4, 0.5) is 0 Å². The van der Waals surface area contributed by atoms with E-state index in [1.807, 2.05) is 12.1 Å². The van der Waals surface area contributed by atoms with E-state index in [2.05, 4.69) is 72.8 Å². The van der Waals surface area contributed by atoms with Gasteiger partial charge in [0, 0.05) is 21.3 Å². The second kappa shape index (κ2) is 18.3. The summed E-state index contributed by atoms with van der Waals surface area (Å²) in [6.45, 7) is 0.477. The maximum atomic E-state index is 9.00. The number of rotatable bonds is 18. The first-order valence-electron chi connectivity index (χ1n) is 14.7. The summed E-state index contributed by atoms with van der Waals surface area (Å²) in [7, 11) is 3.44. The second-order valence-corrected chi connectivity index (χ2v) is 13.7. The van der Waals surface area contributed by atoms with Crippen molar-refractivity contribution in [1.82, 2.24) is 0 Å². The van der Waals surface area contributed by atoms with E-state index in [0.717, 1.165) is 60.2 Å². The highest BCUT2D eigenvalue weighted by Crippen LogP contribution is 2.37. The fourth-order valence-corrected chi connectivity index (χ4v) is 7.22. The first-order valence-corrected chi connectivity index (χ1v) is 17.8. The Morgan fingerprint density at radius 3 is 1.28 bits per heavy atom. The molecule has 0 aliphatic rings. The van der Waals surface area contributed by atoms with Crippen molar-refractivity contribution in [3.63, 3.8) is 0 Å². The molecule has 0 amide bonds. The lowest BCUT2D eigenvalue weighted by atomic mass is 10.0. The number of aliphatic hydroxyl groups is 2. The molecule has 0 radical (unpaired) electrons.